The Morgan fingerprint density at radius 2 is 2.23 bits per heavy atom. The molecule has 1 fully saturated rings. The molecule has 1 aliphatic rings. The lowest BCUT2D eigenvalue weighted by Gasteiger charge is -2.35. The quantitative estimate of drug-likeness (QED) is 0.801. The number of anilines is 1. The molecule has 26 heavy (non-hydrogen) atoms. The Hall–Kier alpha value is -1.59. The molecule has 1 aromatic carbocycles. The van der Waals surface area contributed by atoms with Crippen molar-refractivity contribution in [2.75, 3.05) is 12.4 Å². The predicted molar refractivity (Wildman–Crippen MR) is 97.9 cm³/mol. The van der Waals surface area contributed by atoms with Gasteiger partial charge in [0.2, 0.25) is 5.91 Å². The van der Waals surface area contributed by atoms with E-state index in [0.717, 1.165) is 15.2 Å². The van der Waals surface area contributed by atoms with Gasteiger partial charge in [-0.3, -0.25) is 4.79 Å². The number of nitrogens with one attached hydrogen (secondary N) is 2. The first kappa shape index (κ1) is 19.2. The van der Waals surface area contributed by atoms with E-state index in [9.17, 15) is 17.6 Å². The normalized spacial score (nSPS) is 22.9. The van der Waals surface area contributed by atoms with Crippen LogP contribution in [-0.4, -0.2) is 36.7 Å². The Morgan fingerprint density at radius 3 is 2.85 bits per heavy atom. The molecular weight excluding hydrogens is 403 g/mol. The van der Waals surface area contributed by atoms with Crippen molar-refractivity contribution in [1.29, 1.82) is 0 Å². The van der Waals surface area contributed by atoms with Crippen molar-refractivity contribution in [3.8, 4) is 0 Å². The minimum atomic E-state index is -3.85. The molecule has 1 aromatic heterocycles. The summed E-state index contributed by atoms with van der Waals surface area (Å²) in [5, 5.41) is 3.05. The van der Waals surface area contributed by atoms with Crippen LogP contribution < -0.4 is 10.0 Å². The summed E-state index contributed by atoms with van der Waals surface area (Å²) in [6, 6.07) is 2.21. The highest BCUT2D eigenvalue weighted by atomic mass is 35.5. The molecule has 11 heteroatoms. The fraction of sp³-hybridized carbons (Fsp3) is 0.333. The van der Waals surface area contributed by atoms with E-state index in [4.69, 9.17) is 11.6 Å². The molecule has 2 atom stereocenters. The molecule has 2 aromatic rings. The minimum Gasteiger partial charge on any atom is -0.325 e. The van der Waals surface area contributed by atoms with Gasteiger partial charge in [-0.15, -0.1) is 11.3 Å². The van der Waals surface area contributed by atoms with E-state index in [1.807, 2.05) is 6.92 Å². The number of halogens is 2. The maximum atomic E-state index is 13.2. The van der Waals surface area contributed by atoms with Crippen molar-refractivity contribution in [3.05, 3.63) is 45.1 Å². The number of rotatable bonds is 3. The zero-order valence-electron chi connectivity index (χ0n) is 13.9. The maximum Gasteiger partial charge on any atom is 0.280 e. The van der Waals surface area contributed by atoms with Crippen LogP contribution in [0.3, 0.4) is 0 Å². The zero-order chi connectivity index (χ0) is 19.1. The fourth-order valence-corrected chi connectivity index (χ4v) is 4.95. The van der Waals surface area contributed by atoms with Crippen LogP contribution in [0.1, 0.15) is 22.3 Å². The first-order valence-corrected chi connectivity index (χ1v) is 10.2. The summed E-state index contributed by atoms with van der Waals surface area (Å²) in [6.07, 6.45) is 1.87. The number of aryl methyl sites for hydroxylation is 1. The predicted octanol–water partition coefficient (Wildman–Crippen LogP) is 2.46. The van der Waals surface area contributed by atoms with Gasteiger partial charge in [0.05, 0.1) is 11.1 Å². The van der Waals surface area contributed by atoms with E-state index in [1.165, 1.54) is 30.5 Å². The highest BCUT2D eigenvalue weighted by molar-refractivity contribution is 7.87. The Labute approximate surface area is 159 Å². The van der Waals surface area contributed by atoms with E-state index in [2.05, 4.69) is 15.0 Å². The summed E-state index contributed by atoms with van der Waals surface area (Å²) >= 11 is 7.08. The van der Waals surface area contributed by atoms with E-state index in [-0.39, 0.29) is 17.1 Å². The number of aromatic nitrogens is 1. The second-order valence-corrected chi connectivity index (χ2v) is 9.31. The summed E-state index contributed by atoms with van der Waals surface area (Å²) in [6.45, 7) is 1.87. The number of amides is 1. The summed E-state index contributed by atoms with van der Waals surface area (Å²) in [5.41, 5.74) is 0.285. The largest absolute Gasteiger partial charge is 0.325 e. The molecule has 7 nitrogen and oxygen atoms in total. The van der Waals surface area contributed by atoms with Crippen molar-refractivity contribution >= 4 is 44.7 Å². The average Bonchev–Trinajstić information content (AvgIpc) is 2.99. The second kappa shape index (κ2) is 7.20. The van der Waals surface area contributed by atoms with Crippen LogP contribution in [0, 0.1) is 12.7 Å². The van der Waals surface area contributed by atoms with Gasteiger partial charge in [0, 0.05) is 23.8 Å². The number of benzene rings is 1. The van der Waals surface area contributed by atoms with Crippen LogP contribution in [0.5, 0.6) is 0 Å². The molecule has 0 radical (unpaired) electrons. The number of hydrogen-bond donors (Lipinski definition) is 2. The standard InChI is InChI=1S/C15H16ClFN4O3S2/c1-8-7-18-15(25-8)12-6-13(21(2)26(23,24)20-12)14(22)19-9-3-4-11(17)10(16)5-9/h3-5,7,12-13,20H,6H2,1-2H3,(H,19,22)/t12-,13+/m0/s1. The van der Waals surface area contributed by atoms with Crippen molar-refractivity contribution < 1.29 is 17.6 Å². The average molecular weight is 419 g/mol. The molecule has 1 aliphatic heterocycles. The van der Waals surface area contributed by atoms with Crippen LogP contribution in [0.25, 0.3) is 0 Å². The van der Waals surface area contributed by atoms with Crippen LogP contribution in [-0.2, 0) is 15.0 Å². The molecule has 140 valence electrons. The topological polar surface area (TPSA) is 91.4 Å². The maximum absolute atomic E-state index is 13.2. The van der Waals surface area contributed by atoms with Crippen molar-refractivity contribution in [1.82, 2.24) is 14.0 Å². The third kappa shape index (κ3) is 3.89. The molecular formula is C15H16ClFN4O3S2. The Bertz CT molecular complexity index is 950. The smallest absolute Gasteiger partial charge is 0.280 e. The van der Waals surface area contributed by atoms with Gasteiger partial charge in [0.25, 0.3) is 10.2 Å². The molecule has 0 bridgehead atoms. The molecule has 1 amide bonds. The zero-order valence-corrected chi connectivity index (χ0v) is 16.3. The molecule has 3 rings (SSSR count). The number of likely N-dealkylation sites (N-methyl/N-ethyl adjacent to an activating group) is 1. The van der Waals surface area contributed by atoms with Crippen molar-refractivity contribution in [3.63, 3.8) is 0 Å². The van der Waals surface area contributed by atoms with E-state index < -0.39 is 34.0 Å². The summed E-state index contributed by atoms with van der Waals surface area (Å²) in [5.74, 6) is -1.14. The molecule has 0 unspecified atom stereocenters. The van der Waals surface area contributed by atoms with Gasteiger partial charge in [-0.1, -0.05) is 11.6 Å². The Kier molecular flexibility index (Phi) is 5.31. The third-order valence-electron chi connectivity index (χ3n) is 4.00. The molecule has 2 N–H and O–H groups in total. The van der Waals surface area contributed by atoms with Gasteiger partial charge in [-0.2, -0.15) is 17.4 Å². The van der Waals surface area contributed by atoms with E-state index in [0.29, 0.717) is 5.01 Å². The van der Waals surface area contributed by atoms with Gasteiger partial charge in [-0.25, -0.2) is 9.37 Å². The monoisotopic (exact) mass is 418 g/mol. The molecule has 0 spiro atoms. The number of hydrogen-bond acceptors (Lipinski definition) is 5. The first-order chi connectivity index (χ1) is 12.2. The van der Waals surface area contributed by atoms with Crippen LogP contribution >= 0.6 is 22.9 Å². The van der Waals surface area contributed by atoms with E-state index >= 15 is 0 Å². The lowest BCUT2D eigenvalue weighted by molar-refractivity contribution is -0.120. The molecule has 1 saturated heterocycles. The van der Waals surface area contributed by atoms with Crippen LogP contribution in [0.2, 0.25) is 5.02 Å². The first-order valence-electron chi connectivity index (χ1n) is 7.61. The van der Waals surface area contributed by atoms with Gasteiger partial charge in [0.15, 0.2) is 0 Å². The Morgan fingerprint density at radius 1 is 1.50 bits per heavy atom. The van der Waals surface area contributed by atoms with Crippen molar-refractivity contribution in [2.24, 2.45) is 0 Å². The van der Waals surface area contributed by atoms with Crippen LogP contribution in [0.15, 0.2) is 24.4 Å². The minimum absolute atomic E-state index is 0.134. The number of nitrogens with zero attached hydrogens (tertiary/aromatic N) is 2. The third-order valence-corrected chi connectivity index (χ3v) is 6.91. The van der Waals surface area contributed by atoms with Crippen LogP contribution in [0.4, 0.5) is 10.1 Å². The fourth-order valence-electron chi connectivity index (χ4n) is 2.61. The van der Waals surface area contributed by atoms with Crippen molar-refractivity contribution in [2.45, 2.75) is 25.4 Å². The second-order valence-electron chi connectivity index (χ2n) is 5.87. The number of carbonyl (C=O) groups is 1. The molecule has 0 saturated carbocycles. The summed E-state index contributed by atoms with van der Waals surface area (Å²) in [7, 11) is -2.52. The lowest BCUT2D eigenvalue weighted by Crippen LogP contribution is -2.55. The van der Waals surface area contributed by atoms with Gasteiger partial charge in [0.1, 0.15) is 16.9 Å². The van der Waals surface area contributed by atoms with Gasteiger partial charge < -0.3 is 5.32 Å². The number of thiazole rings is 1. The van der Waals surface area contributed by atoms with Gasteiger partial charge >= 0.3 is 0 Å². The molecule has 0 aliphatic carbocycles. The van der Waals surface area contributed by atoms with Gasteiger partial charge in [-0.05, 0) is 31.5 Å². The van der Waals surface area contributed by atoms with E-state index in [1.54, 1.807) is 6.20 Å². The highest BCUT2D eigenvalue weighted by Crippen LogP contribution is 2.31. The summed E-state index contributed by atoms with van der Waals surface area (Å²) in [4.78, 5) is 17.8. The Balaban J connectivity index is 1.83. The lowest BCUT2D eigenvalue weighted by atomic mass is 10.1. The summed E-state index contributed by atoms with van der Waals surface area (Å²) < 4.78 is 41.5. The number of carbonyl (C=O) groups excluding carboxylic acids is 1. The highest BCUT2D eigenvalue weighted by Gasteiger charge is 2.41. The SMILES string of the molecule is Cc1cnc([C@@H]2C[C@H](C(=O)Nc3ccc(F)c(Cl)c3)N(C)S(=O)(=O)N2)s1. The molecule has 2 heterocycles.